The van der Waals surface area contributed by atoms with Crippen LogP contribution in [0.2, 0.25) is 0 Å². The van der Waals surface area contributed by atoms with Gasteiger partial charge in [0.1, 0.15) is 23.1 Å². The molecule has 0 fully saturated rings. The molecular formula is C32H49NO3S2. The number of hydrogen-bond acceptors (Lipinski definition) is 6. The Hall–Kier alpha value is -1.58. The van der Waals surface area contributed by atoms with E-state index in [-0.39, 0.29) is 11.4 Å². The molecule has 0 aromatic heterocycles. The lowest BCUT2D eigenvalue weighted by Gasteiger charge is -2.23. The van der Waals surface area contributed by atoms with Gasteiger partial charge in [-0.3, -0.25) is 4.79 Å². The molecule has 2 unspecified atom stereocenters. The van der Waals surface area contributed by atoms with Crippen LogP contribution in [0.1, 0.15) is 102 Å². The monoisotopic (exact) mass is 559 g/mol. The fourth-order valence-electron chi connectivity index (χ4n) is 4.85. The van der Waals surface area contributed by atoms with Crippen molar-refractivity contribution in [1.82, 2.24) is 0 Å². The maximum Gasteiger partial charge on any atom is 0.180 e. The molecule has 1 aromatic rings. The number of nitrogens with zero attached hydrogens (tertiary/aromatic N) is 1. The van der Waals surface area contributed by atoms with E-state index < -0.39 is 5.41 Å². The van der Waals surface area contributed by atoms with Crippen LogP contribution in [-0.2, 0) is 4.79 Å². The Morgan fingerprint density at radius 3 is 1.53 bits per heavy atom. The van der Waals surface area contributed by atoms with Gasteiger partial charge in [0.2, 0.25) is 0 Å². The molecular weight excluding hydrogens is 510 g/mol. The molecule has 1 aliphatic heterocycles. The van der Waals surface area contributed by atoms with Crippen molar-refractivity contribution in [2.45, 2.75) is 112 Å². The molecule has 1 aromatic carbocycles. The molecule has 0 saturated heterocycles. The second kappa shape index (κ2) is 13.2. The van der Waals surface area contributed by atoms with E-state index in [1.54, 1.807) is 0 Å². The van der Waals surface area contributed by atoms with Crippen molar-refractivity contribution in [3.05, 3.63) is 21.9 Å². The zero-order valence-corrected chi connectivity index (χ0v) is 27.2. The van der Waals surface area contributed by atoms with Gasteiger partial charge in [-0.1, -0.05) is 99.7 Å². The number of thioether (sulfide) groups is 2. The molecule has 0 spiro atoms. The average molecular weight is 560 g/mol. The van der Waals surface area contributed by atoms with Crippen LogP contribution < -0.4 is 9.47 Å². The van der Waals surface area contributed by atoms with Gasteiger partial charge in [0, 0.05) is 5.41 Å². The Bertz CT molecular complexity index is 990. The lowest BCUT2D eigenvalue weighted by atomic mass is 9.84. The lowest BCUT2D eigenvalue weighted by Crippen LogP contribution is -2.21. The summed E-state index contributed by atoms with van der Waals surface area (Å²) in [5.41, 5.74) is 0.185. The first kappa shape index (κ1) is 32.6. The molecule has 0 saturated carbocycles. The van der Waals surface area contributed by atoms with Crippen LogP contribution in [0, 0.1) is 39.4 Å². The molecule has 0 amide bonds. The Morgan fingerprint density at radius 1 is 0.816 bits per heavy atom. The number of fused-ring (bicyclic) bond motifs is 1. The third kappa shape index (κ3) is 10.2. The van der Waals surface area contributed by atoms with E-state index in [0.717, 1.165) is 47.0 Å². The molecule has 212 valence electrons. The number of benzene rings is 1. The number of carbonyl (C=O) groups is 1. The number of ether oxygens (including phenoxy) is 2. The number of allylic oxidation sites excluding steroid dienone is 1. The maximum absolute atomic E-state index is 13.1. The molecule has 0 bridgehead atoms. The van der Waals surface area contributed by atoms with Gasteiger partial charge in [-0.2, -0.15) is 5.26 Å². The minimum absolute atomic E-state index is 0.139. The molecule has 1 aliphatic rings. The van der Waals surface area contributed by atoms with Crippen molar-refractivity contribution >= 4 is 29.3 Å². The summed E-state index contributed by atoms with van der Waals surface area (Å²) >= 11 is 2.93. The van der Waals surface area contributed by atoms with Gasteiger partial charge in [0.15, 0.2) is 5.78 Å². The summed E-state index contributed by atoms with van der Waals surface area (Å²) in [5.74, 6) is 2.58. The first-order chi connectivity index (χ1) is 17.4. The lowest BCUT2D eigenvalue weighted by molar-refractivity contribution is -0.122. The average Bonchev–Trinajstić information content (AvgIpc) is 3.17. The van der Waals surface area contributed by atoms with E-state index in [9.17, 15) is 10.1 Å². The number of Topliss-reactive ketones (excluding diaryl/α,β-unsaturated/α-hetero) is 1. The molecule has 6 heteroatoms. The molecule has 2 rings (SSSR count). The van der Waals surface area contributed by atoms with E-state index in [4.69, 9.17) is 9.47 Å². The molecule has 1 heterocycles. The van der Waals surface area contributed by atoms with Gasteiger partial charge in [0.05, 0.1) is 27.2 Å². The second-order valence-corrected chi connectivity index (χ2v) is 16.6. The van der Waals surface area contributed by atoms with Gasteiger partial charge in [-0.25, -0.2) is 0 Å². The number of ketones is 1. The van der Waals surface area contributed by atoms with Crippen LogP contribution in [-0.4, -0.2) is 19.0 Å². The van der Waals surface area contributed by atoms with Crippen molar-refractivity contribution in [1.29, 1.82) is 5.26 Å². The summed E-state index contributed by atoms with van der Waals surface area (Å²) in [4.78, 5) is 15.0. The summed E-state index contributed by atoms with van der Waals surface area (Å²) < 4.78 is 13.3. The molecule has 2 atom stereocenters. The van der Waals surface area contributed by atoms with Crippen LogP contribution in [0.3, 0.4) is 0 Å². The minimum atomic E-state index is -0.626. The highest BCUT2D eigenvalue weighted by atomic mass is 32.2. The first-order valence-electron chi connectivity index (χ1n) is 13.9. The Kier molecular flexibility index (Phi) is 11.3. The highest BCUT2D eigenvalue weighted by Gasteiger charge is 2.34. The van der Waals surface area contributed by atoms with Gasteiger partial charge in [-0.05, 0) is 60.5 Å². The van der Waals surface area contributed by atoms with Crippen molar-refractivity contribution in [3.8, 4) is 17.6 Å². The van der Waals surface area contributed by atoms with Crippen molar-refractivity contribution in [2.75, 3.05) is 13.2 Å². The highest BCUT2D eigenvalue weighted by molar-refractivity contribution is 8.24. The van der Waals surface area contributed by atoms with Crippen molar-refractivity contribution in [2.24, 2.45) is 28.1 Å². The highest BCUT2D eigenvalue weighted by Crippen LogP contribution is 2.59. The summed E-state index contributed by atoms with van der Waals surface area (Å²) in [5, 5.41) is 9.91. The van der Waals surface area contributed by atoms with Gasteiger partial charge in [-0.15, -0.1) is 0 Å². The topological polar surface area (TPSA) is 59.3 Å². The zero-order valence-electron chi connectivity index (χ0n) is 25.5. The standard InChI is InChI=1S/C32H49NO3S2/c1-21(18-30(3,4)5)14-16-35-24-12-13-25(36-17-15-22(2)19-31(6,7)8)27-26(24)37-29(38-27)23(20-33)28(34)32(9,10)11/h12-13,21-22H,14-19H2,1-11H3. The second-order valence-electron chi connectivity index (χ2n) is 14.3. The number of nitriles is 1. The third-order valence-corrected chi connectivity index (χ3v) is 8.94. The molecule has 0 aliphatic carbocycles. The minimum Gasteiger partial charge on any atom is -0.492 e. The van der Waals surface area contributed by atoms with Crippen molar-refractivity contribution < 1.29 is 14.3 Å². The Morgan fingerprint density at radius 2 is 1.21 bits per heavy atom. The van der Waals surface area contributed by atoms with E-state index in [1.165, 1.54) is 23.5 Å². The summed E-state index contributed by atoms with van der Waals surface area (Å²) in [6.45, 7) is 25.0. The van der Waals surface area contributed by atoms with Crippen LogP contribution >= 0.6 is 23.5 Å². The quantitative estimate of drug-likeness (QED) is 0.199. The number of rotatable bonds is 11. The van der Waals surface area contributed by atoms with Crippen molar-refractivity contribution in [3.63, 3.8) is 0 Å². The third-order valence-electron chi connectivity index (χ3n) is 6.31. The van der Waals surface area contributed by atoms with Crippen LogP contribution in [0.25, 0.3) is 0 Å². The molecule has 0 radical (unpaired) electrons. The van der Waals surface area contributed by atoms with Crippen LogP contribution in [0.4, 0.5) is 0 Å². The normalized spacial score (nSPS) is 15.5. The van der Waals surface area contributed by atoms with Gasteiger partial charge >= 0.3 is 0 Å². The SMILES string of the molecule is CC(CCOc1ccc(OCCC(C)CC(C)(C)C)c2c1SC(=C(C#N)C(=O)C(C)(C)C)S2)CC(C)(C)C. The fourth-order valence-corrected chi connectivity index (χ4v) is 7.46. The smallest absolute Gasteiger partial charge is 0.180 e. The Balaban J connectivity index is 2.27. The van der Waals surface area contributed by atoms with E-state index in [0.29, 0.717) is 40.1 Å². The zero-order chi connectivity index (χ0) is 28.9. The molecule has 4 nitrogen and oxygen atoms in total. The van der Waals surface area contributed by atoms with E-state index in [1.807, 2.05) is 32.9 Å². The largest absolute Gasteiger partial charge is 0.492 e. The predicted molar refractivity (Wildman–Crippen MR) is 162 cm³/mol. The predicted octanol–water partition coefficient (Wildman–Crippen LogP) is 9.92. The van der Waals surface area contributed by atoms with Crippen LogP contribution in [0.15, 0.2) is 31.7 Å². The maximum atomic E-state index is 13.1. The van der Waals surface area contributed by atoms with E-state index in [2.05, 4.69) is 61.5 Å². The van der Waals surface area contributed by atoms with Crippen LogP contribution in [0.5, 0.6) is 11.5 Å². The molecule has 0 N–H and O–H groups in total. The van der Waals surface area contributed by atoms with Gasteiger partial charge < -0.3 is 9.47 Å². The molecule has 38 heavy (non-hydrogen) atoms. The number of hydrogen-bond donors (Lipinski definition) is 0. The summed E-state index contributed by atoms with van der Waals surface area (Å²) in [7, 11) is 0. The number of carbonyl (C=O) groups excluding carboxylic acids is 1. The fraction of sp³-hybridized carbons (Fsp3) is 0.688. The summed E-state index contributed by atoms with van der Waals surface area (Å²) in [6.07, 6.45) is 4.24. The summed E-state index contributed by atoms with van der Waals surface area (Å²) in [6, 6.07) is 6.15. The van der Waals surface area contributed by atoms with Gasteiger partial charge in [0.25, 0.3) is 0 Å². The first-order valence-corrected chi connectivity index (χ1v) is 15.5. The Labute approximate surface area is 240 Å². The van der Waals surface area contributed by atoms with E-state index >= 15 is 0 Å².